The summed E-state index contributed by atoms with van der Waals surface area (Å²) in [6.45, 7) is 0.0952. The molecule has 1 aromatic rings. The molecule has 1 heterocycles. The number of hydrogen-bond acceptors (Lipinski definition) is 4. The van der Waals surface area contributed by atoms with Crippen LogP contribution >= 0.6 is 0 Å². The molecule has 96 valence electrons. The Labute approximate surface area is 103 Å². The van der Waals surface area contributed by atoms with E-state index in [9.17, 15) is 14.0 Å². The van der Waals surface area contributed by atoms with Crippen LogP contribution in [0.1, 0.15) is 6.42 Å². The molecule has 1 aromatic carbocycles. The average Bonchev–Trinajstić information content (AvgIpc) is 2.74. The highest BCUT2D eigenvalue weighted by Crippen LogP contribution is 2.11. The number of rotatable bonds is 4. The predicted octanol–water partition coefficient (Wildman–Crippen LogP) is 0.636. The van der Waals surface area contributed by atoms with Crippen molar-refractivity contribution in [2.45, 2.75) is 12.5 Å². The number of carbonyl (C=O) groups is 2. The van der Waals surface area contributed by atoms with Crippen LogP contribution in [-0.4, -0.2) is 31.1 Å². The van der Waals surface area contributed by atoms with Crippen molar-refractivity contribution in [2.75, 3.05) is 13.2 Å². The minimum atomic E-state index is -0.589. The number of nitrogens with one attached hydrogen (secondary N) is 1. The second kappa shape index (κ2) is 5.48. The molecule has 0 bridgehead atoms. The molecule has 18 heavy (non-hydrogen) atoms. The molecule has 0 saturated carbocycles. The molecule has 0 aromatic heterocycles. The third-order valence-corrected chi connectivity index (χ3v) is 2.45. The van der Waals surface area contributed by atoms with Crippen molar-refractivity contribution in [3.8, 4) is 5.75 Å². The molecule has 0 aliphatic carbocycles. The number of halogens is 1. The van der Waals surface area contributed by atoms with E-state index in [1.807, 2.05) is 0 Å². The fourth-order valence-corrected chi connectivity index (χ4v) is 1.54. The zero-order chi connectivity index (χ0) is 13.0. The van der Waals surface area contributed by atoms with Gasteiger partial charge in [0.05, 0.1) is 6.61 Å². The van der Waals surface area contributed by atoms with Crippen LogP contribution in [0.2, 0.25) is 0 Å². The molecule has 1 amide bonds. The molecule has 5 nitrogen and oxygen atoms in total. The van der Waals surface area contributed by atoms with Crippen molar-refractivity contribution < 1.29 is 23.5 Å². The van der Waals surface area contributed by atoms with Crippen molar-refractivity contribution >= 4 is 11.9 Å². The zero-order valence-corrected chi connectivity index (χ0v) is 9.52. The molecule has 1 saturated heterocycles. The number of amides is 1. The quantitative estimate of drug-likeness (QED) is 0.800. The molecule has 1 aliphatic heterocycles. The summed E-state index contributed by atoms with van der Waals surface area (Å²) >= 11 is 0. The number of esters is 1. The Morgan fingerprint density at radius 2 is 2.17 bits per heavy atom. The van der Waals surface area contributed by atoms with E-state index < -0.39 is 17.9 Å². The first kappa shape index (κ1) is 12.3. The van der Waals surface area contributed by atoms with Gasteiger partial charge >= 0.3 is 5.97 Å². The van der Waals surface area contributed by atoms with Gasteiger partial charge in [-0.25, -0.2) is 9.18 Å². The van der Waals surface area contributed by atoms with E-state index in [4.69, 9.17) is 9.47 Å². The minimum Gasteiger partial charge on any atom is -0.484 e. The Morgan fingerprint density at radius 3 is 2.78 bits per heavy atom. The van der Waals surface area contributed by atoms with Gasteiger partial charge in [-0.2, -0.15) is 0 Å². The lowest BCUT2D eigenvalue weighted by Gasteiger charge is -2.09. The standard InChI is InChI=1S/C12H12FNO4/c13-8-1-3-9(4-2-8)18-7-11(15)14-10-5-6-17-12(10)16/h1-4,10H,5-7H2,(H,14,15)/t10-/m0/s1. The molecule has 2 rings (SSSR count). The van der Waals surface area contributed by atoms with Gasteiger partial charge in [-0.05, 0) is 24.3 Å². The summed E-state index contributed by atoms with van der Waals surface area (Å²) in [5.74, 6) is -0.825. The summed E-state index contributed by atoms with van der Waals surface area (Å²) in [4.78, 5) is 22.6. The van der Waals surface area contributed by atoms with Crippen LogP contribution < -0.4 is 10.1 Å². The molecule has 0 spiro atoms. The van der Waals surface area contributed by atoms with Crippen LogP contribution in [0.15, 0.2) is 24.3 Å². The normalized spacial score (nSPS) is 18.3. The molecule has 6 heteroatoms. The van der Waals surface area contributed by atoms with Crippen LogP contribution in [-0.2, 0) is 14.3 Å². The minimum absolute atomic E-state index is 0.227. The third-order valence-electron chi connectivity index (χ3n) is 2.45. The van der Waals surface area contributed by atoms with Gasteiger partial charge in [-0.3, -0.25) is 4.79 Å². The van der Waals surface area contributed by atoms with Gasteiger partial charge in [0.25, 0.3) is 5.91 Å². The maximum absolute atomic E-state index is 12.6. The van der Waals surface area contributed by atoms with Crippen LogP contribution in [0.3, 0.4) is 0 Å². The van der Waals surface area contributed by atoms with Gasteiger partial charge in [0.15, 0.2) is 6.61 Å². The van der Waals surface area contributed by atoms with Gasteiger partial charge in [0.2, 0.25) is 0 Å². The fourth-order valence-electron chi connectivity index (χ4n) is 1.54. The van der Waals surface area contributed by atoms with E-state index in [1.54, 1.807) is 0 Å². The number of hydrogen-bond donors (Lipinski definition) is 1. The predicted molar refractivity (Wildman–Crippen MR) is 59.4 cm³/mol. The monoisotopic (exact) mass is 253 g/mol. The molecule has 0 radical (unpaired) electrons. The van der Waals surface area contributed by atoms with Crippen LogP contribution in [0.5, 0.6) is 5.75 Å². The largest absolute Gasteiger partial charge is 0.484 e. The molecule has 1 atom stereocenters. The first-order chi connectivity index (χ1) is 8.65. The molecule has 1 aliphatic rings. The lowest BCUT2D eigenvalue weighted by atomic mass is 10.2. The van der Waals surface area contributed by atoms with E-state index in [-0.39, 0.29) is 12.4 Å². The highest BCUT2D eigenvalue weighted by atomic mass is 19.1. The summed E-state index contributed by atoms with van der Waals surface area (Å²) in [5.41, 5.74) is 0. The first-order valence-corrected chi connectivity index (χ1v) is 5.49. The number of benzene rings is 1. The van der Waals surface area contributed by atoms with Gasteiger partial charge < -0.3 is 14.8 Å². The summed E-state index contributed by atoms with van der Waals surface area (Å²) in [5, 5.41) is 2.50. The molecule has 0 unspecified atom stereocenters. The molecule has 1 N–H and O–H groups in total. The van der Waals surface area contributed by atoms with Gasteiger partial charge in [0, 0.05) is 6.42 Å². The Morgan fingerprint density at radius 1 is 1.44 bits per heavy atom. The van der Waals surface area contributed by atoms with Crippen molar-refractivity contribution in [3.63, 3.8) is 0 Å². The average molecular weight is 253 g/mol. The summed E-state index contributed by atoms with van der Waals surface area (Å²) in [6, 6.07) is 4.73. The molecular formula is C12H12FNO4. The van der Waals surface area contributed by atoms with Gasteiger partial charge in [0.1, 0.15) is 17.6 Å². The number of carbonyl (C=O) groups excluding carboxylic acids is 2. The smallest absolute Gasteiger partial charge is 0.328 e. The highest BCUT2D eigenvalue weighted by molar-refractivity contribution is 5.86. The third kappa shape index (κ3) is 3.19. The Kier molecular flexibility index (Phi) is 3.76. The number of ether oxygens (including phenoxy) is 2. The van der Waals surface area contributed by atoms with Crippen molar-refractivity contribution in [2.24, 2.45) is 0 Å². The topological polar surface area (TPSA) is 64.6 Å². The SMILES string of the molecule is O=C(COc1ccc(F)cc1)N[C@H]1CCOC1=O. The second-order valence-corrected chi connectivity index (χ2v) is 3.82. The summed E-state index contributed by atoms with van der Waals surface area (Å²) in [7, 11) is 0. The molecular weight excluding hydrogens is 241 g/mol. The van der Waals surface area contributed by atoms with E-state index in [2.05, 4.69) is 5.32 Å². The van der Waals surface area contributed by atoms with Crippen molar-refractivity contribution in [1.82, 2.24) is 5.32 Å². The maximum Gasteiger partial charge on any atom is 0.328 e. The van der Waals surface area contributed by atoms with E-state index in [0.29, 0.717) is 18.8 Å². The van der Waals surface area contributed by atoms with E-state index in [1.165, 1.54) is 24.3 Å². The van der Waals surface area contributed by atoms with Gasteiger partial charge in [-0.1, -0.05) is 0 Å². The fraction of sp³-hybridized carbons (Fsp3) is 0.333. The Hall–Kier alpha value is -2.11. The Balaban J connectivity index is 1.78. The van der Waals surface area contributed by atoms with E-state index in [0.717, 1.165) is 0 Å². The van der Waals surface area contributed by atoms with Crippen molar-refractivity contribution in [1.29, 1.82) is 0 Å². The van der Waals surface area contributed by atoms with Crippen LogP contribution in [0, 0.1) is 5.82 Å². The summed E-state index contributed by atoms with van der Waals surface area (Å²) < 4.78 is 22.5. The van der Waals surface area contributed by atoms with Crippen LogP contribution in [0.4, 0.5) is 4.39 Å². The summed E-state index contributed by atoms with van der Waals surface area (Å²) in [6.07, 6.45) is 0.473. The Bertz CT molecular complexity index is 446. The van der Waals surface area contributed by atoms with Gasteiger partial charge in [-0.15, -0.1) is 0 Å². The van der Waals surface area contributed by atoms with E-state index >= 15 is 0 Å². The first-order valence-electron chi connectivity index (χ1n) is 5.49. The van der Waals surface area contributed by atoms with Crippen LogP contribution in [0.25, 0.3) is 0 Å². The lowest BCUT2D eigenvalue weighted by Crippen LogP contribution is -2.40. The number of cyclic esters (lactones) is 1. The lowest BCUT2D eigenvalue weighted by molar-refractivity contribution is -0.141. The molecule has 1 fully saturated rings. The maximum atomic E-state index is 12.6. The van der Waals surface area contributed by atoms with Crippen molar-refractivity contribution in [3.05, 3.63) is 30.1 Å². The second-order valence-electron chi connectivity index (χ2n) is 3.82. The highest BCUT2D eigenvalue weighted by Gasteiger charge is 2.27. The zero-order valence-electron chi connectivity index (χ0n) is 9.52.